The van der Waals surface area contributed by atoms with Gasteiger partial charge < -0.3 is 16.2 Å². The third kappa shape index (κ3) is 3.75. The number of nitrogens with zero attached hydrogens (tertiary/aromatic N) is 1. The lowest BCUT2D eigenvalue weighted by atomic mass is 10.1. The topological polar surface area (TPSA) is 81.6 Å². The molecule has 4 N–H and O–H groups in total. The molecule has 5 nitrogen and oxygen atoms in total. The summed E-state index contributed by atoms with van der Waals surface area (Å²) in [5.41, 5.74) is 12.8. The van der Waals surface area contributed by atoms with Crippen LogP contribution in [0.25, 0.3) is 0 Å². The first kappa shape index (κ1) is 15.4. The van der Waals surface area contributed by atoms with Crippen molar-refractivity contribution in [2.45, 2.75) is 25.4 Å². The summed E-state index contributed by atoms with van der Waals surface area (Å²) in [4.78, 5) is 13.6. The molecule has 1 saturated heterocycles. The zero-order chi connectivity index (χ0) is 15.2. The van der Waals surface area contributed by atoms with E-state index in [9.17, 15) is 4.79 Å². The quantitative estimate of drug-likeness (QED) is 0.788. The van der Waals surface area contributed by atoms with E-state index < -0.39 is 0 Å². The minimum atomic E-state index is -0.259. The number of methoxy groups -OCH3 is 1. The molecule has 0 aliphatic carbocycles. The number of nitrogens with two attached hydrogens (primary N) is 2. The minimum absolute atomic E-state index is 0.188. The van der Waals surface area contributed by atoms with Gasteiger partial charge in [0, 0.05) is 12.1 Å². The standard InChI is InChI=1S/C16H21N3O2/c1-21-14-7-6-12(4-2-8-17)13(10-14)11-19-9-3-5-15(19)16(18)20/h6-7,10,15H,3,5,8-9,11,17H2,1H3,(H2,18,20). The fourth-order valence-electron chi connectivity index (χ4n) is 2.65. The molecule has 1 amide bonds. The number of ether oxygens (including phenoxy) is 1. The summed E-state index contributed by atoms with van der Waals surface area (Å²) in [6.45, 7) is 1.83. The van der Waals surface area contributed by atoms with Crippen LogP contribution in [0, 0.1) is 11.8 Å². The first-order chi connectivity index (χ1) is 10.2. The van der Waals surface area contributed by atoms with Gasteiger partial charge in [0.15, 0.2) is 0 Å². The van der Waals surface area contributed by atoms with Gasteiger partial charge in [0.1, 0.15) is 5.75 Å². The maximum absolute atomic E-state index is 11.5. The molecule has 0 aromatic heterocycles. The molecule has 2 rings (SSSR count). The highest BCUT2D eigenvalue weighted by Gasteiger charge is 2.29. The van der Waals surface area contributed by atoms with Crippen molar-refractivity contribution >= 4 is 5.91 Å². The average Bonchev–Trinajstić information content (AvgIpc) is 2.94. The van der Waals surface area contributed by atoms with Gasteiger partial charge in [0.2, 0.25) is 5.91 Å². The maximum Gasteiger partial charge on any atom is 0.234 e. The van der Waals surface area contributed by atoms with E-state index in [0.717, 1.165) is 36.3 Å². The SMILES string of the molecule is COc1ccc(C#CCN)c(CN2CCCC2C(N)=O)c1. The highest BCUT2D eigenvalue weighted by molar-refractivity contribution is 5.80. The molecule has 0 saturated carbocycles. The Morgan fingerprint density at radius 3 is 3.00 bits per heavy atom. The summed E-state index contributed by atoms with van der Waals surface area (Å²) in [6, 6.07) is 5.56. The number of amides is 1. The van der Waals surface area contributed by atoms with Gasteiger partial charge in [-0.05, 0) is 43.1 Å². The first-order valence-electron chi connectivity index (χ1n) is 7.05. The Balaban J connectivity index is 2.26. The van der Waals surface area contributed by atoms with Gasteiger partial charge in [-0.2, -0.15) is 0 Å². The molecular weight excluding hydrogens is 266 g/mol. The number of hydrogen-bond donors (Lipinski definition) is 2. The number of carbonyl (C=O) groups excluding carboxylic acids is 1. The van der Waals surface area contributed by atoms with E-state index >= 15 is 0 Å². The van der Waals surface area contributed by atoms with Crippen LogP contribution in [-0.4, -0.2) is 37.0 Å². The summed E-state index contributed by atoms with van der Waals surface area (Å²) in [6.07, 6.45) is 1.81. The van der Waals surface area contributed by atoms with Gasteiger partial charge in [-0.15, -0.1) is 0 Å². The zero-order valence-electron chi connectivity index (χ0n) is 12.3. The fraction of sp³-hybridized carbons (Fsp3) is 0.438. The molecule has 112 valence electrons. The Labute approximate surface area is 125 Å². The summed E-state index contributed by atoms with van der Waals surface area (Å²) in [5, 5.41) is 0. The highest BCUT2D eigenvalue weighted by atomic mass is 16.5. The molecule has 1 fully saturated rings. The number of hydrogen-bond acceptors (Lipinski definition) is 4. The second-order valence-electron chi connectivity index (χ2n) is 5.06. The van der Waals surface area contributed by atoms with Crippen LogP contribution in [0.15, 0.2) is 18.2 Å². The lowest BCUT2D eigenvalue weighted by Crippen LogP contribution is -2.39. The van der Waals surface area contributed by atoms with Crippen molar-refractivity contribution in [2.75, 3.05) is 20.2 Å². The minimum Gasteiger partial charge on any atom is -0.497 e. The van der Waals surface area contributed by atoms with Crippen LogP contribution >= 0.6 is 0 Å². The molecule has 1 aliphatic rings. The number of primary amides is 1. The van der Waals surface area contributed by atoms with Gasteiger partial charge in [-0.1, -0.05) is 11.8 Å². The lowest BCUT2D eigenvalue weighted by molar-refractivity contribution is -0.122. The third-order valence-corrected chi connectivity index (χ3v) is 3.70. The predicted octanol–water partition coefficient (Wildman–Crippen LogP) is 0.455. The summed E-state index contributed by atoms with van der Waals surface area (Å²) >= 11 is 0. The molecule has 21 heavy (non-hydrogen) atoms. The Morgan fingerprint density at radius 1 is 1.52 bits per heavy atom. The monoisotopic (exact) mass is 287 g/mol. The number of benzene rings is 1. The Kier molecular flexibility index (Phi) is 5.20. The third-order valence-electron chi connectivity index (χ3n) is 3.70. The van der Waals surface area contributed by atoms with Crippen LogP contribution in [0.5, 0.6) is 5.75 Å². The average molecular weight is 287 g/mol. The summed E-state index contributed by atoms with van der Waals surface area (Å²) in [7, 11) is 1.63. The second-order valence-corrected chi connectivity index (χ2v) is 5.06. The second kappa shape index (κ2) is 7.11. The van der Waals surface area contributed by atoms with Crippen molar-refractivity contribution < 1.29 is 9.53 Å². The van der Waals surface area contributed by atoms with Crippen molar-refractivity contribution in [2.24, 2.45) is 11.5 Å². The molecule has 0 bridgehead atoms. The zero-order valence-corrected chi connectivity index (χ0v) is 12.3. The molecule has 0 spiro atoms. The van der Waals surface area contributed by atoms with Crippen LogP contribution in [0.4, 0.5) is 0 Å². The van der Waals surface area contributed by atoms with Crippen LogP contribution in [0.2, 0.25) is 0 Å². The molecule has 1 heterocycles. The van der Waals surface area contributed by atoms with Crippen molar-refractivity contribution in [1.29, 1.82) is 0 Å². The number of rotatable bonds is 4. The van der Waals surface area contributed by atoms with Crippen LogP contribution in [0.3, 0.4) is 0 Å². The number of likely N-dealkylation sites (tertiary alicyclic amines) is 1. The van der Waals surface area contributed by atoms with Crippen LogP contribution < -0.4 is 16.2 Å². The molecule has 1 aromatic carbocycles. The molecule has 1 aromatic rings. The first-order valence-corrected chi connectivity index (χ1v) is 7.05. The molecular formula is C16H21N3O2. The van der Waals surface area contributed by atoms with Gasteiger partial charge in [0.05, 0.1) is 19.7 Å². The largest absolute Gasteiger partial charge is 0.497 e. The van der Waals surface area contributed by atoms with Gasteiger partial charge in [0.25, 0.3) is 0 Å². The van der Waals surface area contributed by atoms with Gasteiger partial charge >= 0.3 is 0 Å². The van der Waals surface area contributed by atoms with Crippen molar-refractivity contribution in [1.82, 2.24) is 4.90 Å². The molecule has 0 radical (unpaired) electrons. The maximum atomic E-state index is 11.5. The van der Waals surface area contributed by atoms with Crippen molar-refractivity contribution in [3.05, 3.63) is 29.3 Å². The van der Waals surface area contributed by atoms with Gasteiger partial charge in [-0.25, -0.2) is 0 Å². The van der Waals surface area contributed by atoms with E-state index in [1.54, 1.807) is 7.11 Å². The van der Waals surface area contributed by atoms with E-state index in [-0.39, 0.29) is 11.9 Å². The number of carbonyl (C=O) groups is 1. The lowest BCUT2D eigenvalue weighted by Gasteiger charge is -2.22. The molecule has 1 aliphatic heterocycles. The predicted molar refractivity (Wildman–Crippen MR) is 81.6 cm³/mol. The molecule has 1 atom stereocenters. The van der Waals surface area contributed by atoms with Crippen molar-refractivity contribution in [3.63, 3.8) is 0 Å². The van der Waals surface area contributed by atoms with E-state index in [2.05, 4.69) is 16.7 Å². The highest BCUT2D eigenvalue weighted by Crippen LogP contribution is 2.24. The van der Waals surface area contributed by atoms with Gasteiger partial charge in [-0.3, -0.25) is 9.69 Å². The fourth-order valence-corrected chi connectivity index (χ4v) is 2.65. The molecule has 1 unspecified atom stereocenters. The van der Waals surface area contributed by atoms with Crippen LogP contribution in [0.1, 0.15) is 24.0 Å². The Morgan fingerprint density at radius 2 is 2.33 bits per heavy atom. The van der Waals surface area contributed by atoms with E-state index in [1.807, 2.05) is 18.2 Å². The summed E-state index contributed by atoms with van der Waals surface area (Å²) < 4.78 is 5.27. The van der Waals surface area contributed by atoms with E-state index in [1.165, 1.54) is 0 Å². The van der Waals surface area contributed by atoms with E-state index in [0.29, 0.717) is 13.1 Å². The Hall–Kier alpha value is -2.03. The van der Waals surface area contributed by atoms with E-state index in [4.69, 9.17) is 16.2 Å². The summed E-state index contributed by atoms with van der Waals surface area (Å²) in [5.74, 6) is 6.45. The van der Waals surface area contributed by atoms with Crippen molar-refractivity contribution in [3.8, 4) is 17.6 Å². The Bertz CT molecular complexity index is 575. The normalized spacial score (nSPS) is 18.1. The van der Waals surface area contributed by atoms with Crippen LogP contribution in [-0.2, 0) is 11.3 Å². The molecule has 5 heteroatoms. The smallest absolute Gasteiger partial charge is 0.234 e.